The molecule has 0 saturated carbocycles. The standard InChI is InChI=1S/C21H18N4O3/c26-20-10-6-16-12-18(8-9-19(16)22-20)28-21(27)11-7-17-14-25(24-23-17)13-15-4-2-1-3-5-15/h1-5,7-9,11-12,14H,6,10,13H2,(H,22,26). The predicted octanol–water partition coefficient (Wildman–Crippen LogP) is 2.83. The van der Waals surface area contributed by atoms with Gasteiger partial charge in [-0.05, 0) is 41.8 Å². The molecule has 140 valence electrons. The molecule has 7 heteroatoms. The number of carbonyl (C=O) groups excluding carboxylic acids is 2. The van der Waals surface area contributed by atoms with E-state index in [2.05, 4.69) is 15.6 Å². The topological polar surface area (TPSA) is 86.1 Å². The Hall–Kier alpha value is -3.74. The summed E-state index contributed by atoms with van der Waals surface area (Å²) in [7, 11) is 0. The van der Waals surface area contributed by atoms with Crippen molar-refractivity contribution < 1.29 is 14.3 Å². The Kier molecular flexibility index (Phi) is 4.97. The number of amides is 1. The number of hydrogen-bond donors (Lipinski definition) is 1. The van der Waals surface area contributed by atoms with E-state index < -0.39 is 5.97 Å². The average Bonchev–Trinajstić information content (AvgIpc) is 3.15. The lowest BCUT2D eigenvalue weighted by Crippen LogP contribution is -2.19. The SMILES string of the molecule is O=C1CCc2cc(OC(=O)C=Cc3cn(Cc4ccccc4)nn3)ccc2N1. The number of esters is 1. The Bertz CT molecular complexity index is 1040. The van der Waals surface area contributed by atoms with E-state index in [1.165, 1.54) is 6.08 Å². The zero-order chi connectivity index (χ0) is 19.3. The third kappa shape index (κ3) is 4.32. The second-order valence-corrected chi connectivity index (χ2v) is 6.45. The summed E-state index contributed by atoms with van der Waals surface area (Å²) in [5, 5.41) is 10.9. The van der Waals surface area contributed by atoms with Crippen molar-refractivity contribution in [2.75, 3.05) is 5.32 Å². The number of nitrogens with zero attached hydrogens (tertiary/aromatic N) is 3. The normalized spacial score (nSPS) is 13.2. The van der Waals surface area contributed by atoms with E-state index in [9.17, 15) is 9.59 Å². The number of nitrogens with one attached hydrogen (secondary N) is 1. The van der Waals surface area contributed by atoms with Gasteiger partial charge in [0.15, 0.2) is 0 Å². The molecule has 0 atom stereocenters. The molecule has 4 rings (SSSR count). The molecule has 28 heavy (non-hydrogen) atoms. The highest BCUT2D eigenvalue weighted by atomic mass is 16.5. The van der Waals surface area contributed by atoms with Crippen LogP contribution < -0.4 is 10.1 Å². The van der Waals surface area contributed by atoms with E-state index in [0.717, 1.165) is 16.8 Å². The molecule has 0 spiro atoms. The van der Waals surface area contributed by atoms with Gasteiger partial charge < -0.3 is 10.1 Å². The Balaban J connectivity index is 1.36. The molecule has 1 aliphatic rings. The van der Waals surface area contributed by atoms with Crippen LogP contribution in [0.15, 0.2) is 60.8 Å². The number of anilines is 1. The molecule has 0 radical (unpaired) electrons. The lowest BCUT2D eigenvalue weighted by Gasteiger charge is -2.17. The fourth-order valence-electron chi connectivity index (χ4n) is 2.96. The average molecular weight is 374 g/mol. The lowest BCUT2D eigenvalue weighted by atomic mass is 10.0. The second kappa shape index (κ2) is 7.87. The Labute approximate surface area is 161 Å². The van der Waals surface area contributed by atoms with Crippen molar-refractivity contribution in [3.05, 3.63) is 77.6 Å². The van der Waals surface area contributed by atoms with Gasteiger partial charge in [0.05, 0.1) is 12.7 Å². The van der Waals surface area contributed by atoms with Crippen LogP contribution in [0, 0.1) is 0 Å². The molecule has 0 unspecified atom stereocenters. The van der Waals surface area contributed by atoms with Crippen LogP contribution in [0.1, 0.15) is 23.2 Å². The third-order valence-corrected chi connectivity index (χ3v) is 4.32. The number of aryl methyl sites for hydroxylation is 1. The van der Waals surface area contributed by atoms with Crippen molar-refractivity contribution in [3.63, 3.8) is 0 Å². The van der Waals surface area contributed by atoms with Crippen molar-refractivity contribution >= 4 is 23.6 Å². The predicted molar refractivity (Wildman–Crippen MR) is 104 cm³/mol. The van der Waals surface area contributed by atoms with E-state index in [-0.39, 0.29) is 5.91 Å². The van der Waals surface area contributed by atoms with Gasteiger partial charge in [0.1, 0.15) is 11.4 Å². The van der Waals surface area contributed by atoms with Gasteiger partial charge in [-0.25, -0.2) is 9.48 Å². The molecule has 2 heterocycles. The largest absolute Gasteiger partial charge is 0.423 e. The molecule has 1 amide bonds. The highest BCUT2D eigenvalue weighted by molar-refractivity contribution is 5.94. The first-order valence-corrected chi connectivity index (χ1v) is 8.92. The van der Waals surface area contributed by atoms with E-state index in [1.54, 1.807) is 35.2 Å². The zero-order valence-electron chi connectivity index (χ0n) is 15.0. The van der Waals surface area contributed by atoms with Crippen LogP contribution in [0.3, 0.4) is 0 Å². The Morgan fingerprint density at radius 1 is 1.18 bits per heavy atom. The Morgan fingerprint density at radius 3 is 2.89 bits per heavy atom. The maximum absolute atomic E-state index is 12.1. The molecule has 2 aromatic carbocycles. The minimum atomic E-state index is -0.502. The van der Waals surface area contributed by atoms with Crippen LogP contribution in [0.4, 0.5) is 5.69 Å². The molecule has 1 aliphatic heterocycles. The highest BCUT2D eigenvalue weighted by Crippen LogP contribution is 2.26. The molecule has 1 N–H and O–H groups in total. The zero-order valence-corrected chi connectivity index (χ0v) is 15.0. The minimum absolute atomic E-state index is 0.000453. The molecule has 7 nitrogen and oxygen atoms in total. The van der Waals surface area contributed by atoms with Gasteiger partial charge in [0, 0.05) is 18.2 Å². The minimum Gasteiger partial charge on any atom is -0.423 e. The van der Waals surface area contributed by atoms with Gasteiger partial charge in [0.2, 0.25) is 5.91 Å². The van der Waals surface area contributed by atoms with Gasteiger partial charge in [0.25, 0.3) is 0 Å². The van der Waals surface area contributed by atoms with Crippen LogP contribution in [-0.2, 0) is 22.6 Å². The smallest absolute Gasteiger partial charge is 0.336 e. The van der Waals surface area contributed by atoms with Crippen molar-refractivity contribution in [2.45, 2.75) is 19.4 Å². The molecule has 1 aromatic heterocycles. The van der Waals surface area contributed by atoms with E-state index >= 15 is 0 Å². The number of benzene rings is 2. The molecule has 3 aromatic rings. The van der Waals surface area contributed by atoms with E-state index in [0.29, 0.717) is 30.8 Å². The summed E-state index contributed by atoms with van der Waals surface area (Å²) < 4.78 is 7.04. The fraction of sp³-hybridized carbons (Fsp3) is 0.143. The van der Waals surface area contributed by atoms with Gasteiger partial charge in [-0.3, -0.25) is 4.79 Å². The van der Waals surface area contributed by atoms with Gasteiger partial charge >= 0.3 is 5.97 Å². The van der Waals surface area contributed by atoms with Gasteiger partial charge in [-0.15, -0.1) is 5.10 Å². The monoisotopic (exact) mass is 374 g/mol. The summed E-state index contributed by atoms with van der Waals surface area (Å²) in [6.07, 6.45) is 5.71. The molecule has 0 bridgehead atoms. The first-order valence-electron chi connectivity index (χ1n) is 8.92. The summed E-state index contributed by atoms with van der Waals surface area (Å²) >= 11 is 0. The van der Waals surface area contributed by atoms with E-state index in [1.807, 2.05) is 30.3 Å². The number of aromatic nitrogens is 3. The molecule has 0 saturated heterocycles. The number of carbonyl (C=O) groups is 2. The van der Waals surface area contributed by atoms with E-state index in [4.69, 9.17) is 4.74 Å². The summed E-state index contributed by atoms with van der Waals surface area (Å²) in [4.78, 5) is 23.5. The first kappa shape index (κ1) is 17.7. The van der Waals surface area contributed by atoms with Crippen molar-refractivity contribution in [1.29, 1.82) is 0 Å². The van der Waals surface area contributed by atoms with Crippen molar-refractivity contribution in [3.8, 4) is 5.75 Å². The van der Waals surface area contributed by atoms with Crippen LogP contribution in [-0.4, -0.2) is 26.9 Å². The van der Waals surface area contributed by atoms with Gasteiger partial charge in [-0.1, -0.05) is 35.5 Å². The highest BCUT2D eigenvalue weighted by Gasteiger charge is 2.15. The summed E-state index contributed by atoms with van der Waals surface area (Å²) in [6.45, 7) is 0.609. The maximum Gasteiger partial charge on any atom is 0.336 e. The quantitative estimate of drug-likeness (QED) is 0.422. The summed E-state index contributed by atoms with van der Waals surface area (Å²) in [5.41, 5.74) is 3.41. The summed E-state index contributed by atoms with van der Waals surface area (Å²) in [5.74, 6) is -0.0600. The number of fused-ring (bicyclic) bond motifs is 1. The lowest BCUT2D eigenvalue weighted by molar-refractivity contribution is -0.129. The van der Waals surface area contributed by atoms with Crippen molar-refractivity contribution in [2.24, 2.45) is 0 Å². The molecular weight excluding hydrogens is 356 g/mol. The van der Waals surface area contributed by atoms with Crippen LogP contribution in [0.25, 0.3) is 6.08 Å². The fourth-order valence-corrected chi connectivity index (χ4v) is 2.96. The molecule has 0 fully saturated rings. The number of ether oxygens (including phenoxy) is 1. The number of rotatable bonds is 5. The van der Waals surface area contributed by atoms with Crippen LogP contribution >= 0.6 is 0 Å². The molecular formula is C21H18N4O3. The Morgan fingerprint density at radius 2 is 2.04 bits per heavy atom. The third-order valence-electron chi connectivity index (χ3n) is 4.32. The second-order valence-electron chi connectivity index (χ2n) is 6.45. The first-order chi connectivity index (χ1) is 13.7. The van der Waals surface area contributed by atoms with Crippen molar-refractivity contribution in [1.82, 2.24) is 15.0 Å². The molecule has 0 aliphatic carbocycles. The van der Waals surface area contributed by atoms with Crippen LogP contribution in [0.5, 0.6) is 5.75 Å². The summed E-state index contributed by atoms with van der Waals surface area (Å²) in [6, 6.07) is 15.1. The van der Waals surface area contributed by atoms with Gasteiger partial charge in [-0.2, -0.15) is 0 Å². The van der Waals surface area contributed by atoms with Crippen LogP contribution in [0.2, 0.25) is 0 Å². The number of hydrogen-bond acceptors (Lipinski definition) is 5. The maximum atomic E-state index is 12.1.